The van der Waals surface area contributed by atoms with Crippen molar-refractivity contribution in [2.24, 2.45) is 0 Å². The standard InChI is InChI=1S/3C30H40P.C18H15P.C12H25I.2Ag.2ClH.HI.H2O.O/c3*1-2-3-4-5-6-7-8-9-10-20-27-31(28-21-14-11-15-22-28,29-23-16-12-17-24-29)30-25-18-13-19-26-30;1-4-10-16(11-5-1)19(17-12-6-2-7-13-17)18-14-8-3-9-15-18;1-2-3-4-5-6-7-8-9-10-11-12-13;;;;;;;/h3*11-19,21-26H,2-10,20,27H2,1H3;1-15H;2-12H2,1H3;;;3*1H;1H2;/q3*+1;;;;;;;;;/p-3. The largest absolute Gasteiger partial charge is 0.0622 e. The van der Waals surface area contributed by atoms with E-state index in [9.17, 15) is 0 Å². The molecule has 0 heterocycles. The molecule has 0 aliphatic carbocycles. The summed E-state index contributed by atoms with van der Waals surface area (Å²) in [6.07, 6.45) is 60.0. The van der Waals surface area contributed by atoms with Crippen molar-refractivity contribution in [2.75, 3.05) is 22.9 Å². The molecule has 0 bridgehead atoms. The molecular weight excluding hydrogens is 2140 g/mol. The Morgan fingerprint density at radius 2 is 0.318 bits per heavy atom. The Kier molecular flexibility index (Phi) is 76.4. The van der Waals surface area contributed by atoms with Crippen molar-refractivity contribution in [3.05, 3.63) is 364 Å². The third-order valence-corrected chi connectivity index (χ3v) is 41.6. The van der Waals surface area contributed by atoms with Gasteiger partial charge in [0.05, 0.1) is 18.5 Å². The Labute approximate surface area is 879 Å². The van der Waals surface area contributed by atoms with Crippen LogP contribution in [0.4, 0.5) is 0 Å². The van der Waals surface area contributed by atoms with Gasteiger partial charge in [0.15, 0.2) is 0 Å². The van der Waals surface area contributed by atoms with Gasteiger partial charge in [0.2, 0.25) is 0 Å². The molecule has 0 amide bonds. The fourth-order valence-corrected chi connectivity index (χ4v) is 34.0. The maximum atomic E-state index is 8.06. The van der Waals surface area contributed by atoms with Crippen molar-refractivity contribution in [1.82, 2.24) is 0 Å². The van der Waals surface area contributed by atoms with E-state index < -0.39 is 29.7 Å². The maximum absolute atomic E-state index is 8.06. The Hall–Kier alpha value is -4.36. The van der Waals surface area contributed by atoms with Gasteiger partial charge in [0, 0.05) is 22.4 Å². The van der Waals surface area contributed by atoms with E-state index in [1.807, 2.05) is 0 Å². The van der Waals surface area contributed by atoms with Gasteiger partial charge in [0.25, 0.3) is 0 Å². The maximum Gasteiger partial charge on any atom is -0.0134 e. The third-order valence-electron chi connectivity index (χ3n) is 24.8. The van der Waals surface area contributed by atoms with Crippen LogP contribution in [0.2, 0.25) is 0 Å². The van der Waals surface area contributed by atoms with E-state index in [2.05, 4.69) is 414 Å². The summed E-state index contributed by atoms with van der Waals surface area (Å²) in [6, 6.07) is 134. The average molecular weight is 2300 g/mol. The monoisotopic (exact) mass is 2300 g/mol. The second-order valence-corrected chi connectivity index (χ2v) is 48.5. The van der Waals surface area contributed by atoms with Crippen LogP contribution in [-0.4, -0.2) is 28.4 Å². The molecule has 12 aromatic rings. The summed E-state index contributed by atoms with van der Waals surface area (Å²) in [5.41, 5.74) is 0. The molecule has 0 atom stereocenters. The first-order chi connectivity index (χ1) is 63.0. The molecule has 2 nitrogen and oxygen atoms in total. The molecule has 0 unspecified atom stereocenters. The normalized spacial score (nSPS) is 10.7. The van der Waals surface area contributed by atoms with Gasteiger partial charge in [-0.2, -0.15) is 0 Å². The minimum atomic E-state index is -1.63. The van der Waals surface area contributed by atoms with E-state index in [4.69, 9.17) is 3.25 Å². The fraction of sp³-hybridized carbons (Fsp3) is 0.400. The quantitative estimate of drug-likeness (QED) is 0.0125. The number of hydrogen-bond donors (Lipinski definition) is 0. The summed E-state index contributed by atoms with van der Waals surface area (Å²) in [7, 11) is -5.33. The van der Waals surface area contributed by atoms with Gasteiger partial charge in [-0.15, -0.1) is 12.4 Å². The van der Waals surface area contributed by atoms with Crippen molar-refractivity contribution in [3.63, 3.8) is 0 Å². The van der Waals surface area contributed by atoms with E-state index in [0.717, 1.165) is 0 Å². The Bertz CT molecular complexity index is 3760. The van der Waals surface area contributed by atoms with Gasteiger partial charge in [-0.1, -0.05) is 517 Å². The van der Waals surface area contributed by atoms with Gasteiger partial charge < -0.3 is 41.9 Å². The summed E-state index contributed by atoms with van der Waals surface area (Å²) in [5.74, 6) is 0. The third kappa shape index (κ3) is 45.7. The smallest absolute Gasteiger partial charge is 0.0134 e. The molecule has 0 aliphatic heterocycles. The SMILES string of the molecule is CCCCCCCCCCCCI.CCCCCCCCCCCC[P+](c1ccccc1)(c1ccccc1)c1ccccc1.CCCCCCCCCCCC[P+](c1ccccc1)(c1ccccc1)c1ccccc1.CCCCCCCCCCCC[P+](c1ccccc1)(c1ccccc1)c1ccccc1.Cl.[Ag].[Cl-].[I-].[OH-].[O]=[Ag].c1ccc(P(c2ccccc2)c2ccccc2)cc1. The van der Waals surface area contributed by atoms with E-state index in [-0.39, 0.29) is 76.6 Å². The van der Waals surface area contributed by atoms with Crippen LogP contribution in [0.3, 0.4) is 0 Å². The topological polar surface area (TPSA) is 47.1 Å². The predicted octanol–water partition coefficient (Wildman–Crippen LogP) is 26.6. The van der Waals surface area contributed by atoms with Crippen LogP contribution in [0.25, 0.3) is 0 Å². The second-order valence-electron chi connectivity index (χ2n) is 34.4. The summed E-state index contributed by atoms with van der Waals surface area (Å²) in [6.45, 7) is 9.17. The van der Waals surface area contributed by atoms with Crippen LogP contribution in [0.1, 0.15) is 285 Å². The molecule has 12 heteroatoms. The van der Waals surface area contributed by atoms with Crippen LogP contribution in [0.5, 0.6) is 0 Å². The molecule has 12 aromatic carbocycles. The summed E-state index contributed by atoms with van der Waals surface area (Å²) in [4.78, 5) is 0. The Balaban J connectivity index is 0.000000565. The predicted molar refractivity (Wildman–Crippen MR) is 591 cm³/mol. The molecule has 1 radical (unpaired) electrons. The Morgan fingerprint density at radius 3 is 0.447 bits per heavy atom. The van der Waals surface area contributed by atoms with Crippen molar-refractivity contribution < 1.29 is 88.5 Å². The van der Waals surface area contributed by atoms with Crippen molar-refractivity contribution in [2.45, 2.75) is 285 Å². The van der Waals surface area contributed by atoms with Crippen molar-refractivity contribution in [3.8, 4) is 0 Å². The molecular formula is C120H162Ag2Cl2I2O2P4. The molecule has 0 spiro atoms. The molecule has 1 N–H and O–H groups in total. The van der Waals surface area contributed by atoms with Crippen LogP contribution < -0.4 is 100 Å². The van der Waals surface area contributed by atoms with Gasteiger partial charge in [-0.05, 0) is 182 Å². The number of rotatable bonds is 55. The Morgan fingerprint density at radius 1 is 0.205 bits per heavy atom. The van der Waals surface area contributed by atoms with E-state index >= 15 is 0 Å². The zero-order chi connectivity index (χ0) is 89.5. The number of unbranched alkanes of at least 4 members (excludes halogenated alkanes) is 36. The average Bonchev–Trinajstić information content (AvgIpc) is 0.768. The minimum Gasteiger partial charge on any atom is -0.0622 e. The first kappa shape index (κ1) is 124. The molecule has 0 aromatic heterocycles. The van der Waals surface area contributed by atoms with Gasteiger partial charge in [-0.25, -0.2) is 0 Å². The number of halogens is 4. The second kappa shape index (κ2) is 81.5. The first-order valence-corrected chi connectivity index (χ1v) is 59.2. The summed E-state index contributed by atoms with van der Waals surface area (Å²) >= 11 is 4.17. The number of hydrogen-bond acceptors (Lipinski definition) is 2. The van der Waals surface area contributed by atoms with Crippen molar-refractivity contribution in [1.29, 1.82) is 0 Å². The molecule has 0 fully saturated rings. The molecule has 0 saturated heterocycles. The van der Waals surface area contributed by atoms with E-state index in [0.29, 0.717) is 0 Å². The zero-order valence-corrected chi connectivity index (χ0v) is 93.0. The fourth-order valence-electron chi connectivity index (χ4n) is 17.9. The molecule has 724 valence electrons. The summed E-state index contributed by atoms with van der Waals surface area (Å²) < 4.78 is 9.40. The van der Waals surface area contributed by atoms with E-state index in [1.54, 1.807) is 21.0 Å². The van der Waals surface area contributed by atoms with Crippen LogP contribution in [0, 0.1) is 0 Å². The molecule has 132 heavy (non-hydrogen) atoms. The van der Waals surface area contributed by atoms with Crippen LogP contribution >= 0.6 is 64.7 Å². The van der Waals surface area contributed by atoms with Crippen LogP contribution in [-0.2, 0) is 46.7 Å². The van der Waals surface area contributed by atoms with E-state index in [1.165, 1.54) is 343 Å². The number of alkyl halides is 1. The van der Waals surface area contributed by atoms with Gasteiger partial charge >= 0.3 is 24.3 Å². The first-order valence-electron chi connectivity index (χ1n) is 49.8. The van der Waals surface area contributed by atoms with Crippen LogP contribution in [0.15, 0.2) is 364 Å². The van der Waals surface area contributed by atoms with Gasteiger partial charge in [0.1, 0.15) is 69.5 Å². The molecule has 12 rings (SSSR count). The minimum absolute atomic E-state index is 0. The molecule has 0 aliphatic rings. The molecule has 0 saturated carbocycles. The van der Waals surface area contributed by atoms with Gasteiger partial charge in [-0.3, -0.25) is 0 Å². The summed E-state index contributed by atoms with van der Waals surface area (Å²) in [5, 5.41) is 17.8. The number of benzene rings is 12. The van der Waals surface area contributed by atoms with Crippen molar-refractivity contribution >= 4 is 128 Å². The zero-order valence-electron chi connectivity index (χ0n) is 80.5.